The smallest absolute Gasteiger partial charge is 0.243 e. The van der Waals surface area contributed by atoms with E-state index in [0.717, 1.165) is 25.9 Å². The highest BCUT2D eigenvalue weighted by atomic mass is 16.5. The summed E-state index contributed by atoms with van der Waals surface area (Å²) in [5, 5.41) is 9.52. The number of fused-ring (bicyclic) bond motifs is 1. The topological polar surface area (TPSA) is 65.8 Å². The lowest BCUT2D eigenvalue weighted by Crippen LogP contribution is -2.51. The normalized spacial score (nSPS) is 31.0. The summed E-state index contributed by atoms with van der Waals surface area (Å²) < 4.78 is 11.0. The largest absolute Gasteiger partial charge is 0.383 e. The number of morpholine rings is 1. The van der Waals surface area contributed by atoms with E-state index < -0.39 is 5.41 Å². The van der Waals surface area contributed by atoms with E-state index in [1.807, 2.05) is 4.90 Å². The summed E-state index contributed by atoms with van der Waals surface area (Å²) in [7, 11) is 1.71. The van der Waals surface area contributed by atoms with Crippen molar-refractivity contribution in [1.82, 2.24) is 9.80 Å². The van der Waals surface area contributed by atoms with Crippen LogP contribution in [0.1, 0.15) is 25.7 Å². The third kappa shape index (κ3) is 2.73. The predicted octanol–water partition coefficient (Wildman–Crippen LogP) is 0.628. The number of likely N-dealkylation sites (tertiary alicyclic amines) is 1. The van der Waals surface area contributed by atoms with Gasteiger partial charge in [-0.25, -0.2) is 0 Å². The van der Waals surface area contributed by atoms with Crippen LogP contribution < -0.4 is 0 Å². The van der Waals surface area contributed by atoms with Gasteiger partial charge in [-0.3, -0.25) is 9.69 Å². The van der Waals surface area contributed by atoms with Gasteiger partial charge in [0.05, 0.1) is 31.4 Å². The van der Waals surface area contributed by atoms with Crippen LogP contribution in [0.25, 0.3) is 0 Å². The second-order valence-corrected chi connectivity index (χ2v) is 6.62. The molecule has 6 heteroatoms. The summed E-state index contributed by atoms with van der Waals surface area (Å²) in [6.07, 6.45) is 3.46. The minimum Gasteiger partial charge on any atom is -0.383 e. The van der Waals surface area contributed by atoms with Crippen LogP contribution in [0.3, 0.4) is 0 Å². The predicted molar refractivity (Wildman–Crippen MR) is 80.1 cm³/mol. The number of methoxy groups -OCH3 is 1. The minimum atomic E-state index is -0.773. The monoisotopic (exact) mass is 307 g/mol. The Morgan fingerprint density at radius 2 is 2.18 bits per heavy atom. The highest BCUT2D eigenvalue weighted by Crippen LogP contribution is 2.40. The lowest BCUT2D eigenvalue weighted by molar-refractivity contribution is -0.138. The average Bonchev–Trinajstić information content (AvgIpc) is 3.19. The lowest BCUT2D eigenvalue weighted by atomic mass is 9.86. The Bertz CT molecular complexity index is 456. The van der Waals surface area contributed by atoms with Gasteiger partial charge in [-0.05, 0) is 12.8 Å². The van der Waals surface area contributed by atoms with Gasteiger partial charge in [-0.15, -0.1) is 0 Å². The average molecular weight is 307 g/mol. The van der Waals surface area contributed by atoms with E-state index in [0.29, 0.717) is 39.1 Å². The number of nitriles is 1. The molecule has 0 unspecified atom stereocenters. The first kappa shape index (κ1) is 15.7. The highest BCUT2D eigenvalue weighted by molar-refractivity contribution is 5.86. The Hall–Kier alpha value is -1.16. The van der Waals surface area contributed by atoms with Crippen molar-refractivity contribution in [1.29, 1.82) is 5.26 Å². The zero-order valence-corrected chi connectivity index (χ0v) is 13.3. The SMILES string of the molecule is COCCN1CCO[C@H]2CN(C(=O)C3(C#N)CCCC3)C[C@H]21. The fourth-order valence-corrected chi connectivity index (χ4v) is 4.07. The van der Waals surface area contributed by atoms with E-state index in [4.69, 9.17) is 9.47 Å². The molecule has 2 aliphatic heterocycles. The summed E-state index contributed by atoms with van der Waals surface area (Å²) in [6, 6.07) is 2.56. The summed E-state index contributed by atoms with van der Waals surface area (Å²) in [5.41, 5.74) is -0.773. The molecule has 0 spiro atoms. The maximum Gasteiger partial charge on any atom is 0.243 e. The van der Waals surface area contributed by atoms with E-state index in [2.05, 4.69) is 11.0 Å². The van der Waals surface area contributed by atoms with Gasteiger partial charge in [0.25, 0.3) is 0 Å². The van der Waals surface area contributed by atoms with Crippen LogP contribution in [-0.4, -0.2) is 74.4 Å². The number of amides is 1. The third-order valence-electron chi connectivity index (χ3n) is 5.37. The van der Waals surface area contributed by atoms with E-state index in [1.54, 1.807) is 7.11 Å². The quantitative estimate of drug-likeness (QED) is 0.762. The molecule has 3 rings (SSSR count). The first-order chi connectivity index (χ1) is 10.7. The molecular weight excluding hydrogens is 282 g/mol. The molecule has 1 amide bonds. The van der Waals surface area contributed by atoms with Crippen molar-refractivity contribution < 1.29 is 14.3 Å². The van der Waals surface area contributed by atoms with Crippen molar-refractivity contribution in [2.75, 3.05) is 46.5 Å². The Kier molecular flexibility index (Phi) is 4.67. The zero-order valence-electron chi connectivity index (χ0n) is 13.3. The standard InChI is InChI=1S/C16H25N3O3/c1-21-8-6-18-7-9-22-14-11-19(10-13(14)18)15(20)16(12-17)4-2-3-5-16/h13-14H,2-11H2,1H3/t13-,14+/m1/s1. The molecule has 2 saturated heterocycles. The van der Waals surface area contributed by atoms with Gasteiger partial charge in [0.15, 0.2) is 0 Å². The number of carbonyl (C=O) groups is 1. The van der Waals surface area contributed by atoms with E-state index in [1.165, 1.54) is 0 Å². The molecule has 0 bridgehead atoms. The van der Waals surface area contributed by atoms with E-state index in [9.17, 15) is 10.1 Å². The first-order valence-corrected chi connectivity index (χ1v) is 8.25. The molecule has 3 aliphatic rings. The Morgan fingerprint density at radius 3 is 2.86 bits per heavy atom. The van der Waals surface area contributed by atoms with Gasteiger partial charge in [-0.1, -0.05) is 12.8 Å². The third-order valence-corrected chi connectivity index (χ3v) is 5.37. The van der Waals surface area contributed by atoms with Gasteiger partial charge >= 0.3 is 0 Å². The molecule has 1 aliphatic carbocycles. The van der Waals surface area contributed by atoms with Crippen molar-refractivity contribution in [3.8, 4) is 6.07 Å². The Balaban J connectivity index is 1.68. The van der Waals surface area contributed by atoms with Crippen LogP contribution in [-0.2, 0) is 14.3 Å². The molecule has 2 heterocycles. The Morgan fingerprint density at radius 1 is 1.41 bits per heavy atom. The zero-order chi connectivity index (χ0) is 15.6. The number of carbonyl (C=O) groups excluding carboxylic acids is 1. The molecule has 6 nitrogen and oxygen atoms in total. The molecule has 0 aromatic heterocycles. The van der Waals surface area contributed by atoms with Crippen LogP contribution in [0.15, 0.2) is 0 Å². The molecule has 3 fully saturated rings. The molecule has 0 aromatic carbocycles. The van der Waals surface area contributed by atoms with Crippen LogP contribution >= 0.6 is 0 Å². The van der Waals surface area contributed by atoms with Crippen molar-refractivity contribution in [3.63, 3.8) is 0 Å². The number of nitrogens with zero attached hydrogens (tertiary/aromatic N) is 3. The molecule has 2 atom stereocenters. The van der Waals surface area contributed by atoms with Gasteiger partial charge in [0, 0.05) is 33.3 Å². The molecule has 0 radical (unpaired) electrons. The lowest BCUT2D eigenvalue weighted by Gasteiger charge is -2.36. The first-order valence-electron chi connectivity index (χ1n) is 8.25. The highest BCUT2D eigenvalue weighted by Gasteiger charge is 2.49. The summed E-state index contributed by atoms with van der Waals surface area (Å²) >= 11 is 0. The second kappa shape index (κ2) is 6.53. The maximum absolute atomic E-state index is 12.9. The second-order valence-electron chi connectivity index (χ2n) is 6.62. The van der Waals surface area contributed by atoms with Gasteiger partial charge < -0.3 is 14.4 Å². The molecular formula is C16H25N3O3. The molecule has 122 valence electrons. The Labute approximate surface area is 131 Å². The van der Waals surface area contributed by atoms with Crippen LogP contribution in [0, 0.1) is 16.7 Å². The van der Waals surface area contributed by atoms with E-state index >= 15 is 0 Å². The van der Waals surface area contributed by atoms with Crippen LogP contribution in [0.2, 0.25) is 0 Å². The van der Waals surface area contributed by atoms with Gasteiger partial charge in [0.2, 0.25) is 5.91 Å². The number of ether oxygens (including phenoxy) is 2. The van der Waals surface area contributed by atoms with E-state index in [-0.39, 0.29) is 18.1 Å². The summed E-state index contributed by atoms with van der Waals surface area (Å²) in [6.45, 7) is 4.45. The van der Waals surface area contributed by atoms with Crippen molar-refractivity contribution in [2.45, 2.75) is 37.8 Å². The summed E-state index contributed by atoms with van der Waals surface area (Å²) in [4.78, 5) is 17.1. The molecule has 0 aromatic rings. The number of rotatable bonds is 4. The van der Waals surface area contributed by atoms with Crippen molar-refractivity contribution >= 4 is 5.91 Å². The van der Waals surface area contributed by atoms with Gasteiger partial charge in [0.1, 0.15) is 5.41 Å². The van der Waals surface area contributed by atoms with Crippen molar-refractivity contribution in [2.24, 2.45) is 5.41 Å². The van der Waals surface area contributed by atoms with Crippen LogP contribution in [0.5, 0.6) is 0 Å². The number of hydrogen-bond donors (Lipinski definition) is 0. The maximum atomic E-state index is 12.9. The van der Waals surface area contributed by atoms with Crippen molar-refractivity contribution in [3.05, 3.63) is 0 Å². The molecule has 1 saturated carbocycles. The fourth-order valence-electron chi connectivity index (χ4n) is 4.07. The van der Waals surface area contributed by atoms with Crippen LogP contribution in [0.4, 0.5) is 0 Å². The molecule has 0 N–H and O–H groups in total. The molecule has 22 heavy (non-hydrogen) atoms. The minimum absolute atomic E-state index is 0.0252. The fraction of sp³-hybridized carbons (Fsp3) is 0.875. The summed E-state index contributed by atoms with van der Waals surface area (Å²) in [5.74, 6) is 0.0252. The number of hydrogen-bond acceptors (Lipinski definition) is 5. The van der Waals surface area contributed by atoms with Gasteiger partial charge in [-0.2, -0.15) is 5.26 Å².